The lowest BCUT2D eigenvalue weighted by Gasteiger charge is -2.19. The molecule has 7 aromatic carbocycles. The molecular formula is C53H33N5. The molecule has 0 radical (unpaired) electrons. The van der Waals surface area contributed by atoms with Gasteiger partial charge in [0.2, 0.25) is 0 Å². The van der Waals surface area contributed by atoms with Crippen LogP contribution in [0.5, 0.6) is 0 Å². The highest BCUT2D eigenvalue weighted by atomic mass is 15.2. The molecule has 0 saturated carbocycles. The van der Waals surface area contributed by atoms with Crippen LogP contribution >= 0.6 is 0 Å². The van der Waals surface area contributed by atoms with E-state index in [4.69, 9.17) is 9.97 Å². The van der Waals surface area contributed by atoms with Crippen molar-refractivity contribution in [2.45, 2.75) is 0 Å². The Morgan fingerprint density at radius 3 is 1.34 bits per heavy atom. The Bertz CT molecular complexity index is 3200. The number of rotatable bonds is 6. The Morgan fingerprint density at radius 1 is 0.379 bits per heavy atom. The van der Waals surface area contributed by atoms with E-state index in [2.05, 4.69) is 173 Å². The standard InChI is InChI=1S/C53H33N5/c54-34-35-16-1-2-17-37(35)39-19-5-6-21-41(39)43-23-8-7-22-42(43)40-20-4-3-18-38(40)36-32-51(57-48-28-12-9-24-44(48)45-25-10-13-29-49(45)57)56-52(33-36)58-50-30-14-11-26-46(50)47-27-15-31-55-53(47)58/h1-33H. The van der Waals surface area contributed by atoms with E-state index in [9.17, 15) is 5.26 Å². The molecule has 4 heterocycles. The average Bonchev–Trinajstić information content (AvgIpc) is 3.82. The summed E-state index contributed by atoms with van der Waals surface area (Å²) >= 11 is 0. The first kappa shape index (κ1) is 33.3. The predicted molar refractivity (Wildman–Crippen MR) is 237 cm³/mol. The molecule has 0 fully saturated rings. The van der Waals surface area contributed by atoms with Gasteiger partial charge < -0.3 is 0 Å². The van der Waals surface area contributed by atoms with Gasteiger partial charge in [0.15, 0.2) is 0 Å². The molecule has 0 spiro atoms. The number of nitrogens with zero attached hydrogens (tertiary/aromatic N) is 5. The van der Waals surface area contributed by atoms with Gasteiger partial charge in [-0.1, -0.05) is 146 Å². The van der Waals surface area contributed by atoms with E-state index in [0.717, 1.165) is 89.1 Å². The van der Waals surface area contributed by atoms with Gasteiger partial charge >= 0.3 is 0 Å². The van der Waals surface area contributed by atoms with E-state index in [-0.39, 0.29) is 0 Å². The molecule has 5 nitrogen and oxygen atoms in total. The summed E-state index contributed by atoms with van der Waals surface area (Å²) in [4.78, 5) is 10.5. The summed E-state index contributed by atoms with van der Waals surface area (Å²) in [5, 5.41) is 14.6. The van der Waals surface area contributed by atoms with E-state index in [1.165, 1.54) is 10.8 Å². The zero-order valence-electron chi connectivity index (χ0n) is 31.3. The maximum Gasteiger partial charge on any atom is 0.146 e. The number of fused-ring (bicyclic) bond motifs is 6. The summed E-state index contributed by atoms with van der Waals surface area (Å²) in [7, 11) is 0. The first-order valence-electron chi connectivity index (χ1n) is 19.4. The summed E-state index contributed by atoms with van der Waals surface area (Å²) in [6.45, 7) is 0. The number of benzene rings is 7. The Hall–Kier alpha value is -8.07. The van der Waals surface area contributed by atoms with Crippen LogP contribution in [0.4, 0.5) is 0 Å². The van der Waals surface area contributed by atoms with E-state index in [0.29, 0.717) is 5.56 Å². The Kier molecular flexibility index (Phi) is 7.80. The first-order chi connectivity index (χ1) is 28.8. The van der Waals surface area contributed by atoms with Crippen molar-refractivity contribution in [1.82, 2.24) is 19.1 Å². The number of nitriles is 1. The third-order valence-corrected chi connectivity index (χ3v) is 11.3. The average molecular weight is 740 g/mol. The minimum Gasteiger partial charge on any atom is -0.294 e. The summed E-state index contributed by atoms with van der Waals surface area (Å²) in [6, 6.07) is 70.0. The number of para-hydroxylation sites is 3. The van der Waals surface area contributed by atoms with Crippen LogP contribution in [-0.2, 0) is 0 Å². The van der Waals surface area contributed by atoms with Gasteiger partial charge in [0.1, 0.15) is 17.3 Å². The molecule has 0 aliphatic carbocycles. The van der Waals surface area contributed by atoms with E-state index in [1.54, 1.807) is 0 Å². The van der Waals surface area contributed by atoms with Crippen molar-refractivity contribution in [3.05, 3.63) is 206 Å². The van der Waals surface area contributed by atoms with Gasteiger partial charge in [-0.05, 0) is 87.5 Å². The van der Waals surface area contributed by atoms with Crippen molar-refractivity contribution in [3.8, 4) is 62.2 Å². The Morgan fingerprint density at radius 2 is 0.776 bits per heavy atom. The van der Waals surface area contributed by atoms with Crippen LogP contribution in [0, 0.1) is 11.3 Å². The van der Waals surface area contributed by atoms with Crippen LogP contribution in [0.1, 0.15) is 5.56 Å². The highest BCUT2D eigenvalue weighted by Gasteiger charge is 2.21. The zero-order valence-corrected chi connectivity index (χ0v) is 31.3. The molecule has 0 atom stereocenters. The molecule has 0 aliphatic rings. The number of aromatic nitrogens is 4. The normalized spacial score (nSPS) is 11.4. The molecule has 270 valence electrons. The molecular weight excluding hydrogens is 707 g/mol. The molecule has 0 bridgehead atoms. The summed E-state index contributed by atoms with van der Waals surface area (Å²) < 4.78 is 4.49. The number of hydrogen-bond acceptors (Lipinski definition) is 3. The van der Waals surface area contributed by atoms with Crippen LogP contribution in [-0.4, -0.2) is 19.1 Å². The second-order valence-corrected chi connectivity index (χ2v) is 14.5. The van der Waals surface area contributed by atoms with Gasteiger partial charge in [0.25, 0.3) is 0 Å². The van der Waals surface area contributed by atoms with Crippen molar-refractivity contribution in [2.75, 3.05) is 0 Å². The summed E-state index contributed by atoms with van der Waals surface area (Å²) in [5.74, 6) is 1.59. The fourth-order valence-corrected chi connectivity index (χ4v) is 8.77. The lowest BCUT2D eigenvalue weighted by atomic mass is 9.86. The molecule has 11 rings (SSSR count). The van der Waals surface area contributed by atoms with E-state index >= 15 is 0 Å². The second-order valence-electron chi connectivity index (χ2n) is 14.5. The second kappa shape index (κ2) is 13.6. The molecule has 0 amide bonds. The van der Waals surface area contributed by atoms with Crippen LogP contribution in [0.25, 0.3) is 99.9 Å². The molecule has 0 aliphatic heterocycles. The van der Waals surface area contributed by atoms with Gasteiger partial charge in [-0.15, -0.1) is 0 Å². The van der Waals surface area contributed by atoms with E-state index < -0.39 is 0 Å². The van der Waals surface area contributed by atoms with Crippen LogP contribution in [0.3, 0.4) is 0 Å². The third-order valence-electron chi connectivity index (χ3n) is 11.3. The highest BCUT2D eigenvalue weighted by Crippen LogP contribution is 2.43. The SMILES string of the molecule is N#Cc1ccccc1-c1ccccc1-c1ccccc1-c1ccccc1-c1cc(-n2c3ccccc3c3ccccc32)nc(-n2c3ccccc3c3cccnc32)c1. The molecule has 11 aromatic rings. The maximum atomic E-state index is 10.1. The molecule has 0 unspecified atom stereocenters. The third kappa shape index (κ3) is 5.24. The fourth-order valence-electron chi connectivity index (χ4n) is 8.77. The van der Waals surface area contributed by atoms with Gasteiger partial charge in [0, 0.05) is 33.3 Å². The molecule has 58 heavy (non-hydrogen) atoms. The van der Waals surface area contributed by atoms with Crippen LogP contribution in [0.2, 0.25) is 0 Å². The lowest BCUT2D eigenvalue weighted by Crippen LogP contribution is -2.05. The van der Waals surface area contributed by atoms with Gasteiger partial charge in [0.05, 0.1) is 28.2 Å². The Labute approximate surface area is 335 Å². The van der Waals surface area contributed by atoms with Gasteiger partial charge in [-0.3, -0.25) is 9.13 Å². The number of pyridine rings is 2. The predicted octanol–water partition coefficient (Wildman–Crippen LogP) is 13.2. The smallest absolute Gasteiger partial charge is 0.146 e. The summed E-state index contributed by atoms with van der Waals surface area (Å²) in [6.07, 6.45) is 1.86. The summed E-state index contributed by atoms with van der Waals surface area (Å²) in [5.41, 5.74) is 13.1. The Balaban J connectivity index is 1.20. The molecule has 4 aromatic heterocycles. The minimum atomic E-state index is 0.647. The van der Waals surface area contributed by atoms with Gasteiger partial charge in [-0.25, -0.2) is 9.97 Å². The lowest BCUT2D eigenvalue weighted by molar-refractivity contribution is 1.00. The van der Waals surface area contributed by atoms with Crippen LogP contribution in [0.15, 0.2) is 200 Å². The highest BCUT2D eigenvalue weighted by molar-refractivity contribution is 6.10. The molecule has 0 N–H and O–H groups in total. The molecule has 0 saturated heterocycles. The van der Waals surface area contributed by atoms with Crippen molar-refractivity contribution >= 4 is 43.7 Å². The maximum absolute atomic E-state index is 10.1. The fraction of sp³-hybridized carbons (Fsp3) is 0. The van der Waals surface area contributed by atoms with Crippen LogP contribution < -0.4 is 0 Å². The molecule has 5 heteroatoms. The van der Waals surface area contributed by atoms with Crippen molar-refractivity contribution in [3.63, 3.8) is 0 Å². The van der Waals surface area contributed by atoms with Crippen molar-refractivity contribution in [2.24, 2.45) is 0 Å². The first-order valence-corrected chi connectivity index (χ1v) is 19.4. The largest absolute Gasteiger partial charge is 0.294 e. The minimum absolute atomic E-state index is 0.647. The topological polar surface area (TPSA) is 59.4 Å². The zero-order chi connectivity index (χ0) is 38.6. The van der Waals surface area contributed by atoms with E-state index in [1.807, 2.05) is 42.6 Å². The van der Waals surface area contributed by atoms with Gasteiger partial charge in [-0.2, -0.15) is 5.26 Å². The monoisotopic (exact) mass is 739 g/mol. The number of hydrogen-bond donors (Lipinski definition) is 0. The van der Waals surface area contributed by atoms with Crippen molar-refractivity contribution < 1.29 is 0 Å². The van der Waals surface area contributed by atoms with Crippen molar-refractivity contribution in [1.29, 1.82) is 5.26 Å². The quantitative estimate of drug-likeness (QED) is 0.171.